The SMILES string of the molecule is CC/C=C\C/C=C\C/C=C\CCCC(=O)OC(COC(=O)CCCCCCC\C=C/C=C\C=C/C=C\CCCCC)COC(=O)CCCCCCCCCCCC. The van der Waals surface area contributed by atoms with Crippen LogP contribution in [0.3, 0.4) is 0 Å². The van der Waals surface area contributed by atoms with Gasteiger partial charge in [-0.25, -0.2) is 0 Å². The zero-order valence-electron chi connectivity index (χ0n) is 36.8. The summed E-state index contributed by atoms with van der Waals surface area (Å²) in [4.78, 5) is 37.7. The number of ether oxygens (including phenoxy) is 3. The van der Waals surface area contributed by atoms with Gasteiger partial charge < -0.3 is 14.2 Å². The molecule has 0 fully saturated rings. The van der Waals surface area contributed by atoms with Crippen molar-refractivity contribution in [3.8, 4) is 0 Å². The van der Waals surface area contributed by atoms with E-state index >= 15 is 0 Å². The third kappa shape index (κ3) is 43.6. The molecule has 0 bridgehead atoms. The van der Waals surface area contributed by atoms with E-state index in [0.717, 1.165) is 89.9 Å². The van der Waals surface area contributed by atoms with Crippen LogP contribution in [0, 0.1) is 0 Å². The van der Waals surface area contributed by atoms with Gasteiger partial charge in [0.25, 0.3) is 0 Å². The minimum atomic E-state index is -0.809. The second-order valence-electron chi connectivity index (χ2n) is 15.0. The van der Waals surface area contributed by atoms with Gasteiger partial charge in [-0.15, -0.1) is 0 Å². The Morgan fingerprint density at radius 2 is 0.772 bits per heavy atom. The second-order valence-corrected chi connectivity index (χ2v) is 15.0. The molecular formula is C51H84O6. The van der Waals surface area contributed by atoms with Crippen molar-refractivity contribution in [2.75, 3.05) is 13.2 Å². The minimum Gasteiger partial charge on any atom is -0.462 e. The average Bonchev–Trinajstić information content (AvgIpc) is 3.21. The van der Waals surface area contributed by atoms with Gasteiger partial charge in [-0.2, -0.15) is 0 Å². The molecule has 0 amide bonds. The molecule has 0 N–H and O–H groups in total. The molecule has 0 aliphatic carbocycles. The lowest BCUT2D eigenvalue weighted by molar-refractivity contribution is -0.167. The van der Waals surface area contributed by atoms with Gasteiger partial charge >= 0.3 is 17.9 Å². The standard InChI is InChI=1S/C51H84O6/c1-4-7-10-13-16-19-22-23-24-25-26-27-28-30-32-35-38-41-44-50(53)56-47-48(46-55-49(52)43-40-37-34-31-21-18-15-12-9-6-3)57-51(54)45-42-39-36-33-29-20-17-14-11-8-5-2/h8,11,16-17,19-20,22-27,33,36,48H,4-7,9-10,12-15,18,21,28-32,34-35,37-47H2,1-3H3/b11-8-,19-16-,20-17-,23-22-,25-24-,27-26-,36-33-. The van der Waals surface area contributed by atoms with Gasteiger partial charge in [0.05, 0.1) is 0 Å². The number of hydrogen-bond donors (Lipinski definition) is 0. The maximum absolute atomic E-state index is 12.7. The Balaban J connectivity index is 4.46. The summed E-state index contributed by atoms with van der Waals surface area (Å²) in [6, 6.07) is 0. The monoisotopic (exact) mass is 793 g/mol. The Labute approximate surface area is 350 Å². The Morgan fingerprint density at radius 1 is 0.386 bits per heavy atom. The zero-order valence-corrected chi connectivity index (χ0v) is 36.8. The minimum absolute atomic E-state index is 0.104. The highest BCUT2D eigenvalue weighted by Gasteiger charge is 2.19. The first-order valence-electron chi connectivity index (χ1n) is 23.1. The van der Waals surface area contributed by atoms with Crippen molar-refractivity contribution < 1.29 is 28.6 Å². The number of unbranched alkanes of at least 4 members (excludes halogenated alkanes) is 18. The molecule has 57 heavy (non-hydrogen) atoms. The highest BCUT2D eigenvalue weighted by molar-refractivity contribution is 5.71. The molecule has 0 rings (SSSR count). The fraction of sp³-hybridized carbons (Fsp3) is 0.667. The van der Waals surface area contributed by atoms with Gasteiger partial charge in [-0.1, -0.05) is 196 Å². The highest BCUT2D eigenvalue weighted by Crippen LogP contribution is 2.13. The van der Waals surface area contributed by atoms with Crippen molar-refractivity contribution in [2.45, 2.75) is 207 Å². The number of esters is 3. The number of rotatable bonds is 40. The van der Waals surface area contributed by atoms with Crippen molar-refractivity contribution in [1.29, 1.82) is 0 Å². The predicted octanol–water partition coefficient (Wildman–Crippen LogP) is 14.9. The smallest absolute Gasteiger partial charge is 0.306 e. The molecule has 0 aliphatic heterocycles. The van der Waals surface area contributed by atoms with Gasteiger partial charge in [0.15, 0.2) is 6.10 Å². The fourth-order valence-corrected chi connectivity index (χ4v) is 6.00. The maximum Gasteiger partial charge on any atom is 0.306 e. The van der Waals surface area contributed by atoms with Gasteiger partial charge in [-0.05, 0) is 70.6 Å². The molecule has 1 unspecified atom stereocenters. The molecule has 0 heterocycles. The van der Waals surface area contributed by atoms with Crippen LogP contribution < -0.4 is 0 Å². The number of allylic oxidation sites excluding steroid dienone is 14. The lowest BCUT2D eigenvalue weighted by atomic mass is 10.1. The Morgan fingerprint density at radius 3 is 1.30 bits per heavy atom. The molecule has 6 nitrogen and oxygen atoms in total. The summed E-state index contributed by atoms with van der Waals surface area (Å²) in [7, 11) is 0. The van der Waals surface area contributed by atoms with E-state index in [-0.39, 0.29) is 37.5 Å². The van der Waals surface area contributed by atoms with E-state index in [1.54, 1.807) is 0 Å². The van der Waals surface area contributed by atoms with Gasteiger partial charge in [0, 0.05) is 19.3 Å². The fourth-order valence-electron chi connectivity index (χ4n) is 6.00. The molecule has 0 aromatic heterocycles. The van der Waals surface area contributed by atoms with E-state index in [0.29, 0.717) is 19.3 Å². The normalized spacial score (nSPS) is 12.8. The molecule has 0 spiro atoms. The van der Waals surface area contributed by atoms with Gasteiger partial charge in [-0.3, -0.25) is 14.4 Å². The van der Waals surface area contributed by atoms with E-state index < -0.39 is 6.10 Å². The quantitative estimate of drug-likeness (QED) is 0.0202. The van der Waals surface area contributed by atoms with Crippen LogP contribution >= 0.6 is 0 Å². The molecule has 0 saturated heterocycles. The largest absolute Gasteiger partial charge is 0.462 e. The van der Waals surface area contributed by atoms with E-state index in [2.05, 4.69) is 106 Å². The molecule has 324 valence electrons. The zero-order chi connectivity index (χ0) is 41.5. The summed E-state index contributed by atoms with van der Waals surface area (Å²) in [5, 5.41) is 0. The predicted molar refractivity (Wildman–Crippen MR) is 242 cm³/mol. The van der Waals surface area contributed by atoms with Crippen LogP contribution in [-0.2, 0) is 28.6 Å². The third-order valence-electron chi connectivity index (χ3n) is 9.48. The number of carbonyl (C=O) groups excluding carboxylic acids is 3. The summed E-state index contributed by atoms with van der Waals surface area (Å²) < 4.78 is 16.6. The molecule has 6 heteroatoms. The van der Waals surface area contributed by atoms with E-state index in [1.165, 1.54) is 64.2 Å². The summed E-state index contributed by atoms with van der Waals surface area (Å²) in [5.41, 5.74) is 0. The first-order chi connectivity index (χ1) is 28.0. The van der Waals surface area contributed by atoms with Crippen molar-refractivity contribution in [3.63, 3.8) is 0 Å². The third-order valence-corrected chi connectivity index (χ3v) is 9.48. The second kappa shape index (κ2) is 45.3. The molecule has 0 aromatic rings. The van der Waals surface area contributed by atoms with Gasteiger partial charge in [0.1, 0.15) is 13.2 Å². The molecule has 1 atom stereocenters. The van der Waals surface area contributed by atoms with Crippen LogP contribution in [0.1, 0.15) is 201 Å². The maximum atomic E-state index is 12.7. The van der Waals surface area contributed by atoms with Crippen LogP contribution in [0.25, 0.3) is 0 Å². The summed E-state index contributed by atoms with van der Waals surface area (Å²) in [5.74, 6) is -0.992. The van der Waals surface area contributed by atoms with Gasteiger partial charge in [0.2, 0.25) is 0 Å². The number of carbonyl (C=O) groups is 3. The highest BCUT2D eigenvalue weighted by atomic mass is 16.6. The molecule has 0 aliphatic rings. The van der Waals surface area contributed by atoms with Crippen molar-refractivity contribution in [2.24, 2.45) is 0 Å². The Bertz CT molecular complexity index is 1140. The lowest BCUT2D eigenvalue weighted by Crippen LogP contribution is -2.30. The molecule has 0 saturated carbocycles. The topological polar surface area (TPSA) is 78.9 Å². The van der Waals surface area contributed by atoms with Crippen molar-refractivity contribution in [3.05, 3.63) is 85.1 Å². The molecule has 0 aromatic carbocycles. The van der Waals surface area contributed by atoms with Crippen LogP contribution in [0.15, 0.2) is 85.1 Å². The number of hydrogen-bond acceptors (Lipinski definition) is 6. The summed E-state index contributed by atoms with van der Waals surface area (Å²) in [6.45, 7) is 6.38. The Hall–Kier alpha value is -3.41. The summed E-state index contributed by atoms with van der Waals surface area (Å²) >= 11 is 0. The average molecular weight is 793 g/mol. The van der Waals surface area contributed by atoms with Crippen LogP contribution in [0.4, 0.5) is 0 Å². The molecular weight excluding hydrogens is 709 g/mol. The van der Waals surface area contributed by atoms with E-state index in [4.69, 9.17) is 14.2 Å². The molecule has 0 radical (unpaired) electrons. The van der Waals surface area contributed by atoms with Crippen LogP contribution in [-0.4, -0.2) is 37.2 Å². The first kappa shape index (κ1) is 53.6. The van der Waals surface area contributed by atoms with Crippen molar-refractivity contribution >= 4 is 17.9 Å². The van der Waals surface area contributed by atoms with Crippen LogP contribution in [0.5, 0.6) is 0 Å². The first-order valence-corrected chi connectivity index (χ1v) is 23.1. The van der Waals surface area contributed by atoms with Crippen LogP contribution in [0.2, 0.25) is 0 Å². The van der Waals surface area contributed by atoms with Crippen molar-refractivity contribution in [1.82, 2.24) is 0 Å². The van der Waals surface area contributed by atoms with E-state index in [1.807, 2.05) is 0 Å². The van der Waals surface area contributed by atoms with E-state index in [9.17, 15) is 14.4 Å². The Kier molecular flexibility index (Phi) is 42.6. The summed E-state index contributed by atoms with van der Waals surface area (Å²) in [6.07, 6.45) is 57.1. The lowest BCUT2D eigenvalue weighted by Gasteiger charge is -2.18.